The first-order chi connectivity index (χ1) is 9.49. The third-order valence-electron chi connectivity index (χ3n) is 3.13. The number of nitrogens with one attached hydrogen (secondary N) is 1. The van der Waals surface area contributed by atoms with Gasteiger partial charge in [0.15, 0.2) is 0 Å². The van der Waals surface area contributed by atoms with Gasteiger partial charge in [0.1, 0.15) is 5.82 Å². The molecule has 20 heavy (non-hydrogen) atoms. The highest BCUT2D eigenvalue weighted by Gasteiger charge is 2.08. The first-order valence-corrected chi connectivity index (χ1v) is 6.58. The highest BCUT2D eigenvalue weighted by molar-refractivity contribution is 5.88. The zero-order chi connectivity index (χ0) is 14.7. The lowest BCUT2D eigenvalue weighted by molar-refractivity contribution is 0.0696. The topological polar surface area (TPSA) is 62.2 Å². The van der Waals surface area contributed by atoms with Crippen molar-refractivity contribution < 1.29 is 9.90 Å². The molecule has 0 radical (unpaired) electrons. The van der Waals surface area contributed by atoms with Gasteiger partial charge in [0, 0.05) is 11.4 Å². The van der Waals surface area contributed by atoms with Crippen LogP contribution in [0.3, 0.4) is 0 Å². The minimum atomic E-state index is -0.939. The number of hydrogen-bond acceptors (Lipinski definition) is 3. The van der Waals surface area contributed by atoms with Crippen LogP contribution in [0.25, 0.3) is 0 Å². The lowest BCUT2D eigenvalue weighted by Gasteiger charge is -2.11. The second kappa shape index (κ2) is 5.74. The van der Waals surface area contributed by atoms with Crippen molar-refractivity contribution in [1.29, 1.82) is 0 Å². The molecule has 0 amide bonds. The number of nitrogens with zero attached hydrogens (tertiary/aromatic N) is 1. The van der Waals surface area contributed by atoms with E-state index >= 15 is 0 Å². The van der Waals surface area contributed by atoms with Gasteiger partial charge in [-0.25, -0.2) is 9.78 Å². The first-order valence-electron chi connectivity index (χ1n) is 6.58. The summed E-state index contributed by atoms with van der Waals surface area (Å²) in [6.07, 6.45) is 0.697. The Bertz CT molecular complexity index is 651. The molecule has 2 rings (SSSR count). The lowest BCUT2D eigenvalue weighted by Crippen LogP contribution is -2.04. The van der Waals surface area contributed by atoms with Crippen LogP contribution in [0.4, 0.5) is 11.5 Å². The molecule has 0 saturated carbocycles. The smallest absolute Gasteiger partial charge is 0.335 e. The molecule has 1 aromatic heterocycles. The van der Waals surface area contributed by atoms with E-state index in [2.05, 4.69) is 16.4 Å². The van der Waals surface area contributed by atoms with Crippen molar-refractivity contribution in [3.63, 3.8) is 0 Å². The van der Waals surface area contributed by atoms with Crippen LogP contribution in [0.2, 0.25) is 0 Å². The number of anilines is 2. The van der Waals surface area contributed by atoms with Gasteiger partial charge in [-0.05, 0) is 44.0 Å². The van der Waals surface area contributed by atoms with Crippen molar-refractivity contribution in [3.05, 3.63) is 52.7 Å². The van der Waals surface area contributed by atoms with Crippen molar-refractivity contribution in [2.45, 2.75) is 27.2 Å². The average molecular weight is 270 g/mol. The van der Waals surface area contributed by atoms with Crippen molar-refractivity contribution in [2.24, 2.45) is 0 Å². The zero-order valence-corrected chi connectivity index (χ0v) is 11.9. The quantitative estimate of drug-likeness (QED) is 0.889. The summed E-state index contributed by atoms with van der Waals surface area (Å²) in [5, 5.41) is 12.3. The van der Waals surface area contributed by atoms with Gasteiger partial charge >= 0.3 is 5.97 Å². The van der Waals surface area contributed by atoms with Gasteiger partial charge in [-0.15, -0.1) is 0 Å². The fraction of sp³-hybridized carbons (Fsp3) is 0.250. The third kappa shape index (κ3) is 3.15. The minimum Gasteiger partial charge on any atom is -0.478 e. The molecule has 0 aliphatic carbocycles. The molecule has 0 aliphatic rings. The first kappa shape index (κ1) is 14.1. The maximum Gasteiger partial charge on any atom is 0.335 e. The lowest BCUT2D eigenvalue weighted by atomic mass is 10.1. The molecule has 0 atom stereocenters. The van der Waals surface area contributed by atoms with E-state index in [9.17, 15) is 4.79 Å². The van der Waals surface area contributed by atoms with E-state index in [4.69, 9.17) is 5.11 Å². The van der Waals surface area contributed by atoms with Crippen LogP contribution in [0.15, 0.2) is 30.3 Å². The molecular formula is C16H18N2O2. The van der Waals surface area contributed by atoms with Crippen LogP contribution in [-0.4, -0.2) is 16.1 Å². The second-order valence-electron chi connectivity index (χ2n) is 4.83. The molecule has 0 spiro atoms. The SMILES string of the molecule is CCc1cc(C(=O)O)cc(Nc2ccc(C)cc2C)n1. The van der Waals surface area contributed by atoms with E-state index in [1.54, 1.807) is 12.1 Å². The maximum absolute atomic E-state index is 11.1. The van der Waals surface area contributed by atoms with Gasteiger partial charge in [-0.2, -0.15) is 0 Å². The Morgan fingerprint density at radius 1 is 1.25 bits per heavy atom. The number of pyridine rings is 1. The predicted octanol–water partition coefficient (Wildman–Crippen LogP) is 3.70. The van der Waals surface area contributed by atoms with E-state index < -0.39 is 5.97 Å². The Labute approximate surface area is 118 Å². The standard InChI is InChI=1S/C16H18N2O2/c1-4-13-8-12(16(19)20)9-15(17-13)18-14-6-5-10(2)7-11(14)3/h5-9H,4H2,1-3H3,(H,17,18)(H,19,20). The van der Waals surface area contributed by atoms with Crippen LogP contribution in [0.5, 0.6) is 0 Å². The molecule has 104 valence electrons. The van der Waals surface area contributed by atoms with E-state index in [1.165, 1.54) is 5.56 Å². The molecule has 0 fully saturated rings. The summed E-state index contributed by atoms with van der Waals surface area (Å²) in [6, 6.07) is 9.23. The zero-order valence-electron chi connectivity index (χ0n) is 11.9. The molecule has 0 saturated heterocycles. The predicted molar refractivity (Wildman–Crippen MR) is 79.8 cm³/mol. The van der Waals surface area contributed by atoms with Crippen LogP contribution < -0.4 is 5.32 Å². The molecule has 4 nitrogen and oxygen atoms in total. The summed E-state index contributed by atoms with van der Waals surface area (Å²) in [6.45, 7) is 6.00. The highest BCUT2D eigenvalue weighted by atomic mass is 16.4. The third-order valence-corrected chi connectivity index (χ3v) is 3.13. The monoisotopic (exact) mass is 270 g/mol. The van der Waals surface area contributed by atoms with Gasteiger partial charge < -0.3 is 10.4 Å². The summed E-state index contributed by atoms with van der Waals surface area (Å²) in [7, 11) is 0. The number of carboxylic acids is 1. The van der Waals surface area contributed by atoms with E-state index in [1.807, 2.05) is 32.9 Å². The second-order valence-corrected chi connectivity index (χ2v) is 4.83. The fourth-order valence-corrected chi connectivity index (χ4v) is 2.05. The van der Waals surface area contributed by atoms with Crippen LogP contribution in [-0.2, 0) is 6.42 Å². The van der Waals surface area contributed by atoms with Crippen LogP contribution in [0.1, 0.15) is 34.1 Å². The Balaban J connectivity index is 2.37. The Kier molecular flexibility index (Phi) is 4.03. The number of carbonyl (C=O) groups is 1. The summed E-state index contributed by atoms with van der Waals surface area (Å²) >= 11 is 0. The fourth-order valence-electron chi connectivity index (χ4n) is 2.05. The van der Waals surface area contributed by atoms with Crippen molar-refractivity contribution >= 4 is 17.5 Å². The Morgan fingerprint density at radius 2 is 2.00 bits per heavy atom. The van der Waals surface area contributed by atoms with Gasteiger partial charge in [0.2, 0.25) is 0 Å². The van der Waals surface area contributed by atoms with Gasteiger partial charge in [0.25, 0.3) is 0 Å². The molecule has 2 aromatic rings. The Hall–Kier alpha value is -2.36. The van der Waals surface area contributed by atoms with Crippen molar-refractivity contribution in [1.82, 2.24) is 4.98 Å². The molecule has 4 heteroatoms. The van der Waals surface area contributed by atoms with Crippen molar-refractivity contribution in [2.75, 3.05) is 5.32 Å². The molecule has 1 aromatic carbocycles. The van der Waals surface area contributed by atoms with Crippen LogP contribution in [0, 0.1) is 13.8 Å². The average Bonchev–Trinajstić information content (AvgIpc) is 2.41. The highest BCUT2D eigenvalue weighted by Crippen LogP contribution is 2.21. The number of benzene rings is 1. The van der Waals surface area contributed by atoms with E-state index in [-0.39, 0.29) is 5.56 Å². The van der Waals surface area contributed by atoms with Crippen molar-refractivity contribution in [3.8, 4) is 0 Å². The molecule has 0 bridgehead atoms. The summed E-state index contributed by atoms with van der Waals surface area (Å²) < 4.78 is 0. The van der Waals surface area contributed by atoms with Gasteiger partial charge in [-0.3, -0.25) is 0 Å². The molecule has 0 aliphatic heterocycles. The van der Waals surface area contributed by atoms with Gasteiger partial charge in [-0.1, -0.05) is 24.6 Å². The van der Waals surface area contributed by atoms with Crippen LogP contribution >= 0.6 is 0 Å². The number of rotatable bonds is 4. The number of aromatic carboxylic acids is 1. The molecule has 2 N–H and O–H groups in total. The summed E-state index contributed by atoms with van der Waals surface area (Å²) in [5.41, 5.74) is 4.24. The molecular weight excluding hydrogens is 252 g/mol. The largest absolute Gasteiger partial charge is 0.478 e. The number of hydrogen-bond donors (Lipinski definition) is 2. The van der Waals surface area contributed by atoms with Gasteiger partial charge in [0.05, 0.1) is 5.56 Å². The minimum absolute atomic E-state index is 0.254. The summed E-state index contributed by atoms with van der Waals surface area (Å²) in [5.74, 6) is -0.375. The van der Waals surface area contributed by atoms with E-state index in [0.717, 1.165) is 16.9 Å². The molecule has 1 heterocycles. The molecule has 0 unspecified atom stereocenters. The number of aromatic nitrogens is 1. The normalized spacial score (nSPS) is 10.3. The maximum atomic E-state index is 11.1. The summed E-state index contributed by atoms with van der Waals surface area (Å²) in [4.78, 5) is 15.5. The van der Waals surface area contributed by atoms with E-state index in [0.29, 0.717) is 12.2 Å². The Morgan fingerprint density at radius 3 is 2.60 bits per heavy atom. The number of carboxylic acid groups (broad SMARTS) is 1. The number of aryl methyl sites for hydroxylation is 3.